The van der Waals surface area contributed by atoms with Crippen LogP contribution in [0, 0.1) is 0 Å². The number of hydrogen-bond acceptors (Lipinski definition) is 8. The zero-order valence-electron chi connectivity index (χ0n) is 18.2. The highest BCUT2D eigenvalue weighted by Crippen LogP contribution is 2.19. The van der Waals surface area contributed by atoms with Gasteiger partial charge in [0, 0.05) is 31.9 Å². The number of nitrogens with zero attached hydrogens (tertiary/aromatic N) is 6. The van der Waals surface area contributed by atoms with E-state index in [4.69, 9.17) is 4.74 Å². The third-order valence-electron chi connectivity index (χ3n) is 5.13. The van der Waals surface area contributed by atoms with E-state index in [2.05, 4.69) is 25.6 Å². The molecule has 11 nitrogen and oxygen atoms in total. The van der Waals surface area contributed by atoms with Crippen molar-refractivity contribution < 1.29 is 17.9 Å². The van der Waals surface area contributed by atoms with E-state index in [0.717, 1.165) is 0 Å². The van der Waals surface area contributed by atoms with Crippen molar-refractivity contribution in [3.8, 4) is 5.75 Å². The van der Waals surface area contributed by atoms with Gasteiger partial charge >= 0.3 is 0 Å². The van der Waals surface area contributed by atoms with E-state index in [-0.39, 0.29) is 24.0 Å². The third kappa shape index (κ3) is 5.92. The Balaban J connectivity index is 1.30. The highest BCUT2D eigenvalue weighted by atomic mass is 32.2. The van der Waals surface area contributed by atoms with Crippen molar-refractivity contribution in [1.82, 2.24) is 29.4 Å². The topological polar surface area (TPSA) is 123 Å². The first-order valence-electron chi connectivity index (χ1n) is 10.4. The van der Waals surface area contributed by atoms with E-state index >= 15 is 0 Å². The van der Waals surface area contributed by atoms with Crippen molar-refractivity contribution in [2.75, 3.05) is 38.5 Å². The van der Waals surface area contributed by atoms with Gasteiger partial charge in [-0.2, -0.15) is 9.10 Å². The van der Waals surface area contributed by atoms with Crippen LogP contribution in [0.1, 0.15) is 5.82 Å². The summed E-state index contributed by atoms with van der Waals surface area (Å²) >= 11 is 0. The molecule has 1 N–H and O–H groups in total. The highest BCUT2D eigenvalue weighted by Gasteiger charge is 2.27. The number of hydrogen-bond donors (Lipinski definition) is 1. The predicted molar refractivity (Wildman–Crippen MR) is 120 cm³/mol. The van der Waals surface area contributed by atoms with Gasteiger partial charge in [-0.15, -0.1) is 10.2 Å². The molecule has 1 aliphatic rings. The van der Waals surface area contributed by atoms with Gasteiger partial charge in [-0.3, -0.25) is 4.79 Å². The number of likely N-dealkylation sites (N-methyl/N-ethyl adjacent to an activating group) is 1. The number of amides is 1. The standard InChI is InChI=1S/C21H25N7O4S/c1-26-11-13-27(14-12-26)33(30,31)19-9-7-17(8-10-19)22-21(29)15-28-24-20(23-25-28)16-32-18-5-3-2-4-6-18/h2-10H,11-16H2,1H3,(H,22,29). The van der Waals surface area contributed by atoms with Crippen molar-refractivity contribution >= 4 is 21.6 Å². The minimum atomic E-state index is -3.55. The number of piperazine rings is 1. The fourth-order valence-corrected chi connectivity index (χ4v) is 4.70. The average Bonchev–Trinajstić information content (AvgIpc) is 3.26. The normalized spacial score (nSPS) is 15.3. The summed E-state index contributed by atoms with van der Waals surface area (Å²) < 4.78 is 32.6. The van der Waals surface area contributed by atoms with Crippen molar-refractivity contribution in [3.05, 3.63) is 60.4 Å². The first-order chi connectivity index (χ1) is 15.9. The molecule has 0 atom stereocenters. The maximum Gasteiger partial charge on any atom is 0.248 e. The van der Waals surface area contributed by atoms with Crippen LogP contribution in [-0.4, -0.2) is 77.0 Å². The monoisotopic (exact) mass is 471 g/mol. The lowest BCUT2D eigenvalue weighted by molar-refractivity contribution is -0.117. The summed E-state index contributed by atoms with van der Waals surface area (Å²) in [5.41, 5.74) is 0.477. The van der Waals surface area contributed by atoms with Gasteiger partial charge in [0.1, 0.15) is 12.3 Å². The number of para-hydroxylation sites is 1. The average molecular weight is 472 g/mol. The lowest BCUT2D eigenvalue weighted by atomic mass is 10.3. The number of ether oxygens (including phenoxy) is 1. The number of rotatable bonds is 8. The maximum absolute atomic E-state index is 12.8. The second kappa shape index (κ2) is 10.1. The molecule has 0 radical (unpaired) electrons. The Labute approximate surface area is 192 Å². The van der Waals surface area contributed by atoms with Crippen molar-refractivity contribution in [1.29, 1.82) is 0 Å². The zero-order valence-corrected chi connectivity index (χ0v) is 19.0. The minimum absolute atomic E-state index is 0.134. The SMILES string of the molecule is CN1CCN(S(=O)(=O)c2ccc(NC(=O)Cn3nnc(COc4ccccc4)n3)cc2)CC1. The summed E-state index contributed by atoms with van der Waals surface area (Å²) in [6.07, 6.45) is 0. The molecule has 1 amide bonds. The largest absolute Gasteiger partial charge is 0.485 e. The fraction of sp³-hybridized carbons (Fsp3) is 0.333. The molecule has 0 unspecified atom stereocenters. The van der Waals surface area contributed by atoms with Crippen LogP contribution in [0.4, 0.5) is 5.69 Å². The Morgan fingerprint density at radius 1 is 1.03 bits per heavy atom. The Morgan fingerprint density at radius 3 is 2.42 bits per heavy atom. The number of anilines is 1. The Hall–Kier alpha value is -3.35. The van der Waals surface area contributed by atoms with Gasteiger partial charge in [-0.25, -0.2) is 8.42 Å². The molecule has 1 aromatic heterocycles. The molecule has 1 fully saturated rings. The molecular weight excluding hydrogens is 446 g/mol. The second-order valence-corrected chi connectivity index (χ2v) is 9.56. The maximum atomic E-state index is 12.8. The van der Waals surface area contributed by atoms with Crippen LogP contribution in [0.2, 0.25) is 0 Å². The predicted octanol–water partition coefficient (Wildman–Crippen LogP) is 0.827. The number of aromatic nitrogens is 4. The highest BCUT2D eigenvalue weighted by molar-refractivity contribution is 7.89. The molecule has 1 aliphatic heterocycles. The molecule has 12 heteroatoms. The first kappa shape index (κ1) is 22.8. The summed E-state index contributed by atoms with van der Waals surface area (Å²) in [5, 5.41) is 14.6. The molecule has 33 heavy (non-hydrogen) atoms. The van der Waals surface area contributed by atoms with Gasteiger partial charge in [-0.1, -0.05) is 18.2 Å². The molecular formula is C21H25N7O4S. The molecule has 1 saturated heterocycles. The Morgan fingerprint density at radius 2 is 1.73 bits per heavy atom. The second-order valence-electron chi connectivity index (χ2n) is 7.62. The van der Waals surface area contributed by atoms with E-state index in [1.165, 1.54) is 21.2 Å². The Kier molecular flexibility index (Phi) is 6.96. The Bertz CT molecular complexity index is 1170. The van der Waals surface area contributed by atoms with E-state index < -0.39 is 10.0 Å². The first-order valence-corrected chi connectivity index (χ1v) is 11.9. The number of tetrazole rings is 1. The quantitative estimate of drug-likeness (QED) is 0.513. The summed E-state index contributed by atoms with van der Waals surface area (Å²) in [5.74, 6) is 0.674. The number of carbonyl (C=O) groups excluding carboxylic acids is 1. The number of nitrogens with one attached hydrogen (secondary N) is 1. The molecule has 4 rings (SSSR count). The van der Waals surface area contributed by atoms with Gasteiger partial charge < -0.3 is 15.0 Å². The van der Waals surface area contributed by atoms with Gasteiger partial charge in [0.15, 0.2) is 6.61 Å². The summed E-state index contributed by atoms with van der Waals surface area (Å²) in [7, 11) is -1.58. The third-order valence-corrected chi connectivity index (χ3v) is 7.04. The summed E-state index contributed by atoms with van der Waals surface area (Å²) in [6, 6.07) is 15.4. The van der Waals surface area contributed by atoms with Crippen LogP contribution >= 0.6 is 0 Å². The van der Waals surface area contributed by atoms with Gasteiger partial charge in [-0.05, 0) is 48.7 Å². The lowest BCUT2D eigenvalue weighted by Crippen LogP contribution is -2.46. The molecule has 0 bridgehead atoms. The fourth-order valence-electron chi connectivity index (χ4n) is 3.28. The summed E-state index contributed by atoms with van der Waals surface area (Å²) in [4.78, 5) is 15.8. The van der Waals surface area contributed by atoms with Crippen molar-refractivity contribution in [3.63, 3.8) is 0 Å². The van der Waals surface area contributed by atoms with Crippen LogP contribution in [0.3, 0.4) is 0 Å². The molecule has 0 aliphatic carbocycles. The van der Waals surface area contributed by atoms with E-state index in [0.29, 0.717) is 43.4 Å². The van der Waals surface area contributed by atoms with Crippen LogP contribution in [0.5, 0.6) is 5.75 Å². The molecule has 2 heterocycles. The number of carbonyl (C=O) groups is 1. The van der Waals surface area contributed by atoms with Gasteiger partial charge in [0.05, 0.1) is 4.90 Å². The smallest absolute Gasteiger partial charge is 0.248 e. The molecule has 174 valence electrons. The van der Waals surface area contributed by atoms with Gasteiger partial charge in [0.2, 0.25) is 21.8 Å². The number of benzene rings is 2. The van der Waals surface area contributed by atoms with Crippen molar-refractivity contribution in [2.45, 2.75) is 18.0 Å². The van der Waals surface area contributed by atoms with Crippen LogP contribution in [0.15, 0.2) is 59.5 Å². The molecule has 0 saturated carbocycles. The van der Waals surface area contributed by atoms with E-state index in [9.17, 15) is 13.2 Å². The van der Waals surface area contributed by atoms with E-state index in [1.807, 2.05) is 37.4 Å². The van der Waals surface area contributed by atoms with Gasteiger partial charge in [0.25, 0.3) is 0 Å². The molecule has 3 aromatic rings. The molecule has 0 spiro atoms. The summed E-state index contributed by atoms with van der Waals surface area (Å²) in [6.45, 7) is 2.31. The van der Waals surface area contributed by atoms with Crippen LogP contribution in [0.25, 0.3) is 0 Å². The van der Waals surface area contributed by atoms with Crippen LogP contribution < -0.4 is 10.1 Å². The minimum Gasteiger partial charge on any atom is -0.485 e. The number of sulfonamides is 1. The van der Waals surface area contributed by atoms with Crippen LogP contribution in [-0.2, 0) is 28.0 Å². The zero-order chi connectivity index (χ0) is 23.3. The van der Waals surface area contributed by atoms with Crippen molar-refractivity contribution in [2.24, 2.45) is 0 Å². The lowest BCUT2D eigenvalue weighted by Gasteiger charge is -2.31. The van der Waals surface area contributed by atoms with E-state index in [1.54, 1.807) is 12.1 Å². The molecule has 2 aromatic carbocycles.